The number of rotatable bonds is 3. The lowest BCUT2D eigenvalue weighted by Crippen LogP contribution is -2.46. The van der Waals surface area contributed by atoms with Crippen LogP contribution in [-0.4, -0.2) is 31.5 Å². The molecule has 20 heavy (non-hydrogen) atoms. The van der Waals surface area contributed by atoms with E-state index in [1.54, 1.807) is 24.3 Å². The smallest absolute Gasteiger partial charge is 0.211 e. The lowest BCUT2D eigenvalue weighted by atomic mass is 9.98. The number of nitrogens with zero attached hydrogens (tertiary/aromatic N) is 2. The molecule has 0 radical (unpaired) electrons. The minimum atomic E-state index is -3.68. The molecule has 0 spiro atoms. The van der Waals surface area contributed by atoms with E-state index in [2.05, 4.69) is 20.9 Å². The van der Waals surface area contributed by atoms with Crippen molar-refractivity contribution in [3.05, 3.63) is 28.7 Å². The van der Waals surface area contributed by atoms with E-state index >= 15 is 0 Å². The lowest BCUT2D eigenvalue weighted by Gasteiger charge is -2.35. The predicted molar refractivity (Wildman–Crippen MR) is 78.3 cm³/mol. The second-order valence-electron chi connectivity index (χ2n) is 4.80. The molecule has 1 aromatic carbocycles. The van der Waals surface area contributed by atoms with Gasteiger partial charge in [-0.1, -0.05) is 19.1 Å². The first-order chi connectivity index (χ1) is 9.48. The molecule has 0 aliphatic carbocycles. The van der Waals surface area contributed by atoms with E-state index in [4.69, 9.17) is 0 Å². The molecule has 1 fully saturated rings. The molecule has 2 unspecified atom stereocenters. The number of hydrogen-bond donors (Lipinski definition) is 0. The summed E-state index contributed by atoms with van der Waals surface area (Å²) in [6, 6.07) is 6.64. The van der Waals surface area contributed by atoms with Crippen LogP contribution >= 0.6 is 15.9 Å². The summed E-state index contributed by atoms with van der Waals surface area (Å²) in [5, 5.41) is 0. The maximum absolute atomic E-state index is 12.7. The molecule has 1 aliphatic rings. The number of piperidine rings is 1. The van der Waals surface area contributed by atoms with Gasteiger partial charge in [-0.25, -0.2) is 13.2 Å². The molecule has 7 heteroatoms. The summed E-state index contributed by atoms with van der Waals surface area (Å²) in [4.78, 5) is 14.5. The van der Waals surface area contributed by atoms with E-state index in [-0.39, 0.29) is 10.8 Å². The van der Waals surface area contributed by atoms with Crippen molar-refractivity contribution in [2.24, 2.45) is 10.9 Å². The maximum atomic E-state index is 12.7. The van der Waals surface area contributed by atoms with Crippen molar-refractivity contribution in [2.45, 2.75) is 30.8 Å². The molecular formula is C13H15BrN2O3S. The fourth-order valence-corrected chi connectivity index (χ4v) is 5.05. The lowest BCUT2D eigenvalue weighted by molar-refractivity contribution is 0.194. The van der Waals surface area contributed by atoms with Crippen LogP contribution in [0.25, 0.3) is 0 Å². The molecular weight excluding hydrogens is 344 g/mol. The average molecular weight is 359 g/mol. The van der Waals surface area contributed by atoms with Crippen LogP contribution in [0.15, 0.2) is 38.6 Å². The van der Waals surface area contributed by atoms with Crippen LogP contribution in [0.3, 0.4) is 0 Å². The molecule has 0 aromatic heterocycles. The third-order valence-electron chi connectivity index (χ3n) is 3.45. The van der Waals surface area contributed by atoms with Gasteiger partial charge < -0.3 is 0 Å². The molecule has 1 aliphatic heterocycles. The van der Waals surface area contributed by atoms with E-state index < -0.39 is 16.2 Å². The number of aliphatic imine (C=N–C) groups is 1. The van der Waals surface area contributed by atoms with Crippen molar-refractivity contribution < 1.29 is 13.2 Å². The molecule has 108 valence electrons. The van der Waals surface area contributed by atoms with E-state index in [9.17, 15) is 13.2 Å². The number of isocyanates is 1. The molecule has 5 nitrogen and oxygen atoms in total. The van der Waals surface area contributed by atoms with Gasteiger partial charge in [-0.15, -0.1) is 0 Å². The van der Waals surface area contributed by atoms with Gasteiger partial charge in [0.15, 0.2) is 0 Å². The average Bonchev–Trinajstić information content (AvgIpc) is 2.41. The Labute approximate surface area is 126 Å². The SMILES string of the molecule is CC1CCCN(S(=O)(=O)c2ccccc2Br)C1N=C=O. The Bertz CT molecular complexity index is 641. The highest BCUT2D eigenvalue weighted by Crippen LogP contribution is 2.32. The highest BCUT2D eigenvalue weighted by molar-refractivity contribution is 9.10. The third-order valence-corrected chi connectivity index (χ3v) is 6.33. The quantitative estimate of drug-likeness (QED) is 0.615. The summed E-state index contributed by atoms with van der Waals surface area (Å²) >= 11 is 3.26. The summed E-state index contributed by atoms with van der Waals surface area (Å²) in [6.45, 7) is 2.26. The fourth-order valence-electron chi connectivity index (χ4n) is 2.42. The fraction of sp³-hybridized carbons (Fsp3) is 0.462. The van der Waals surface area contributed by atoms with Gasteiger partial charge in [0.05, 0.1) is 4.90 Å². The summed E-state index contributed by atoms with van der Waals surface area (Å²) < 4.78 is 27.3. The van der Waals surface area contributed by atoms with Gasteiger partial charge in [-0.2, -0.15) is 9.30 Å². The first kappa shape index (κ1) is 15.4. The molecule has 2 atom stereocenters. The van der Waals surface area contributed by atoms with E-state index in [1.807, 2.05) is 6.92 Å². The van der Waals surface area contributed by atoms with Crippen LogP contribution in [0.2, 0.25) is 0 Å². The Morgan fingerprint density at radius 2 is 2.10 bits per heavy atom. The molecule has 1 aromatic rings. The van der Waals surface area contributed by atoms with Crippen molar-refractivity contribution >= 4 is 32.0 Å². The largest absolute Gasteiger partial charge is 0.246 e. The zero-order chi connectivity index (χ0) is 14.8. The van der Waals surface area contributed by atoms with Crippen LogP contribution in [-0.2, 0) is 14.8 Å². The standard InChI is InChI=1S/C13H15BrN2O3S/c1-10-5-4-8-16(13(10)15-9-17)20(18,19)12-7-3-2-6-11(12)14/h2-3,6-7,10,13H,4-5,8H2,1H3. The normalized spacial score (nSPS) is 24.1. The highest BCUT2D eigenvalue weighted by atomic mass is 79.9. The summed E-state index contributed by atoms with van der Waals surface area (Å²) in [7, 11) is -3.68. The van der Waals surface area contributed by atoms with Crippen molar-refractivity contribution in [3.8, 4) is 0 Å². The van der Waals surface area contributed by atoms with E-state index in [0.29, 0.717) is 11.0 Å². The summed E-state index contributed by atoms with van der Waals surface area (Å²) in [6.07, 6.45) is 2.43. The van der Waals surface area contributed by atoms with Crippen LogP contribution in [0.5, 0.6) is 0 Å². The molecule has 0 saturated carbocycles. The Kier molecular flexibility index (Phi) is 4.75. The predicted octanol–water partition coefficient (Wildman–Crippen LogP) is 2.53. The van der Waals surface area contributed by atoms with Crippen LogP contribution in [0.1, 0.15) is 19.8 Å². The number of hydrogen-bond acceptors (Lipinski definition) is 4. The van der Waals surface area contributed by atoms with Crippen molar-refractivity contribution in [3.63, 3.8) is 0 Å². The molecule has 1 heterocycles. The van der Waals surface area contributed by atoms with Crippen molar-refractivity contribution in [1.29, 1.82) is 0 Å². The van der Waals surface area contributed by atoms with Crippen LogP contribution in [0, 0.1) is 5.92 Å². The Morgan fingerprint density at radius 1 is 1.40 bits per heavy atom. The minimum absolute atomic E-state index is 0.00228. The highest BCUT2D eigenvalue weighted by Gasteiger charge is 2.38. The van der Waals surface area contributed by atoms with Crippen LogP contribution in [0.4, 0.5) is 0 Å². The maximum Gasteiger partial charge on any atom is 0.246 e. The van der Waals surface area contributed by atoms with E-state index in [1.165, 1.54) is 10.4 Å². The van der Waals surface area contributed by atoms with Gasteiger partial charge in [0.2, 0.25) is 16.1 Å². The summed E-state index contributed by atoms with van der Waals surface area (Å²) in [5.41, 5.74) is 0. The molecule has 0 N–H and O–H groups in total. The van der Waals surface area contributed by atoms with Crippen LogP contribution < -0.4 is 0 Å². The summed E-state index contributed by atoms with van der Waals surface area (Å²) in [5.74, 6) is 0.00228. The Balaban J connectivity index is 2.47. The molecule has 0 bridgehead atoms. The monoisotopic (exact) mass is 358 g/mol. The first-order valence-corrected chi connectivity index (χ1v) is 8.55. The molecule has 2 rings (SSSR count). The Hall–Kier alpha value is -1.01. The van der Waals surface area contributed by atoms with Gasteiger partial charge in [-0.05, 0) is 46.8 Å². The van der Waals surface area contributed by atoms with Gasteiger partial charge in [0.25, 0.3) is 0 Å². The van der Waals surface area contributed by atoms with E-state index in [0.717, 1.165) is 12.8 Å². The second kappa shape index (κ2) is 6.18. The van der Waals surface area contributed by atoms with Crippen molar-refractivity contribution in [1.82, 2.24) is 4.31 Å². The zero-order valence-corrected chi connectivity index (χ0v) is 13.4. The second-order valence-corrected chi connectivity index (χ2v) is 7.51. The van der Waals surface area contributed by atoms with Gasteiger partial charge in [0, 0.05) is 11.0 Å². The topological polar surface area (TPSA) is 66.8 Å². The number of sulfonamides is 1. The Morgan fingerprint density at radius 3 is 2.75 bits per heavy atom. The van der Waals surface area contributed by atoms with Crippen molar-refractivity contribution in [2.75, 3.05) is 6.54 Å². The molecule has 0 amide bonds. The van der Waals surface area contributed by atoms with Gasteiger partial charge in [-0.3, -0.25) is 0 Å². The molecule has 1 saturated heterocycles. The van der Waals surface area contributed by atoms with Gasteiger partial charge >= 0.3 is 0 Å². The van der Waals surface area contributed by atoms with Gasteiger partial charge in [0.1, 0.15) is 6.17 Å². The number of halogens is 1. The first-order valence-electron chi connectivity index (χ1n) is 6.32. The third kappa shape index (κ3) is 2.86. The number of benzene rings is 1. The number of carbonyl (C=O) groups excluding carboxylic acids is 1. The zero-order valence-electron chi connectivity index (χ0n) is 11.0. The minimum Gasteiger partial charge on any atom is -0.211 e.